The molecule has 15 heteroatoms. The van der Waals surface area contributed by atoms with Gasteiger partial charge in [-0.05, 0) is 74.7 Å². The topological polar surface area (TPSA) is 160 Å². The molecule has 0 spiro atoms. The number of hydrogen-bond donors (Lipinski definition) is 4. The third-order valence-electron chi connectivity index (χ3n) is 9.85. The number of nitrogens with one attached hydrogen (secondary N) is 4. The Labute approximate surface area is 299 Å². The molecule has 12 nitrogen and oxygen atoms in total. The van der Waals surface area contributed by atoms with Crippen molar-refractivity contribution in [3.63, 3.8) is 0 Å². The van der Waals surface area contributed by atoms with Gasteiger partial charge in [-0.25, -0.2) is 23.1 Å². The van der Waals surface area contributed by atoms with Gasteiger partial charge in [-0.2, -0.15) is 10.2 Å². The molecule has 4 aromatic heterocycles. The minimum absolute atomic E-state index is 0.000127. The maximum atomic E-state index is 13.8. The molecular formula is C37H41F3N10O2. The highest BCUT2D eigenvalue weighted by molar-refractivity contribution is 5.91. The van der Waals surface area contributed by atoms with Crippen LogP contribution in [-0.4, -0.2) is 65.9 Å². The van der Waals surface area contributed by atoms with Crippen molar-refractivity contribution in [3.8, 4) is 0 Å². The number of hydrogen-bond acceptors (Lipinski definition) is 10. The lowest BCUT2D eigenvalue weighted by atomic mass is 9.78. The van der Waals surface area contributed by atoms with Gasteiger partial charge in [0.1, 0.15) is 17.3 Å². The zero-order valence-electron chi connectivity index (χ0n) is 28.8. The van der Waals surface area contributed by atoms with E-state index in [0.717, 1.165) is 37.1 Å². The van der Waals surface area contributed by atoms with Crippen molar-refractivity contribution in [2.24, 2.45) is 0 Å². The minimum atomic E-state index is -2.63. The average Bonchev–Trinajstić information content (AvgIpc) is 3.08. The third-order valence-corrected chi connectivity index (χ3v) is 9.85. The molecule has 0 saturated heterocycles. The molecule has 2 amide bonds. The second-order valence-electron chi connectivity index (χ2n) is 14.5. The fourth-order valence-corrected chi connectivity index (χ4v) is 7.25. The summed E-state index contributed by atoms with van der Waals surface area (Å²) in [5, 5.41) is 29.1. The van der Waals surface area contributed by atoms with Gasteiger partial charge in [-0.15, -0.1) is 10.2 Å². The summed E-state index contributed by atoms with van der Waals surface area (Å²) >= 11 is 0. The van der Waals surface area contributed by atoms with E-state index in [2.05, 4.69) is 51.6 Å². The molecule has 0 unspecified atom stereocenters. The van der Waals surface area contributed by atoms with Crippen molar-refractivity contribution in [1.82, 2.24) is 30.4 Å². The first kappa shape index (κ1) is 35.2. The number of carbonyl (C=O) groups is 2. The standard InChI is InChI=1S/C37H41F3N10O2/c1-36(38)18-26(19-36)43-30-9-3-7-24(41-30)16-34(51)45-32-13-11-28(47-49-32)22-5-2-6-23(15-22)29-12-14-33(50-48-29)46-35(52)17-25-8-4-10-31(42-25)44-27-20-37(39,40)21-27/h3-4,7-14,22-23,26-27H,2,5-6,15-21H2,1H3,(H,41,43)(H,42,44)(H,45,49,51)(H,46,50,52)/t22-,23-,26?,36?/m0/s1. The van der Waals surface area contributed by atoms with Crippen LogP contribution in [0.4, 0.5) is 36.4 Å². The van der Waals surface area contributed by atoms with Crippen LogP contribution in [0.5, 0.6) is 0 Å². The highest BCUT2D eigenvalue weighted by atomic mass is 19.3. The molecule has 3 aliphatic rings. The Morgan fingerprint density at radius 3 is 1.56 bits per heavy atom. The predicted octanol–water partition coefficient (Wildman–Crippen LogP) is 6.37. The van der Waals surface area contributed by atoms with Crippen molar-refractivity contribution < 1.29 is 22.8 Å². The van der Waals surface area contributed by atoms with Crippen LogP contribution in [0.1, 0.15) is 92.9 Å². The SMILES string of the molecule is CC1(F)CC(Nc2cccc(CC(=O)Nc3ccc([C@H]4CCC[C@H](c5ccc(NC(=O)Cc6cccc(NC7CC(F)(F)C7)n6)nn5)C4)nn3)n2)C1. The molecule has 2 atom stereocenters. The monoisotopic (exact) mass is 714 g/mol. The molecule has 4 heterocycles. The Hall–Kier alpha value is -5.21. The van der Waals surface area contributed by atoms with Gasteiger partial charge in [-0.1, -0.05) is 18.6 Å². The minimum Gasteiger partial charge on any atom is -0.367 e. The van der Waals surface area contributed by atoms with E-state index in [1.54, 1.807) is 43.3 Å². The van der Waals surface area contributed by atoms with Gasteiger partial charge in [0.05, 0.1) is 35.6 Å². The molecule has 0 aliphatic heterocycles. The summed E-state index contributed by atoms with van der Waals surface area (Å²) in [4.78, 5) is 34.3. The zero-order chi connectivity index (χ0) is 36.3. The van der Waals surface area contributed by atoms with E-state index in [4.69, 9.17) is 0 Å². The summed E-state index contributed by atoms with van der Waals surface area (Å²) in [6.45, 7) is 1.60. The Bertz CT molecular complexity index is 1740. The summed E-state index contributed by atoms with van der Waals surface area (Å²) in [5.41, 5.74) is 1.65. The number of rotatable bonds is 12. The van der Waals surface area contributed by atoms with Crippen LogP contribution in [0.25, 0.3) is 0 Å². The number of amides is 2. The number of alkyl halides is 3. The maximum Gasteiger partial charge on any atom is 0.252 e. The van der Waals surface area contributed by atoms with Gasteiger partial charge in [0, 0.05) is 49.6 Å². The first-order chi connectivity index (χ1) is 24.9. The second-order valence-corrected chi connectivity index (χ2v) is 14.5. The lowest BCUT2D eigenvalue weighted by molar-refractivity contribution is -0.116. The molecular weight excluding hydrogens is 673 g/mol. The van der Waals surface area contributed by atoms with Crippen LogP contribution in [0.2, 0.25) is 0 Å². The molecule has 4 N–H and O–H groups in total. The molecule has 0 radical (unpaired) electrons. The molecule has 0 bridgehead atoms. The summed E-state index contributed by atoms with van der Waals surface area (Å²) < 4.78 is 40.1. The summed E-state index contributed by atoms with van der Waals surface area (Å²) in [6.07, 6.45) is 4.19. The molecule has 3 saturated carbocycles. The fourth-order valence-electron chi connectivity index (χ4n) is 7.25. The molecule has 0 aromatic carbocycles. The zero-order valence-corrected chi connectivity index (χ0v) is 28.8. The van der Waals surface area contributed by atoms with Gasteiger partial charge < -0.3 is 21.3 Å². The maximum absolute atomic E-state index is 13.8. The largest absolute Gasteiger partial charge is 0.367 e. The summed E-state index contributed by atoms with van der Waals surface area (Å²) in [7, 11) is 0. The summed E-state index contributed by atoms with van der Waals surface area (Å²) in [5.74, 6) is -1.09. The van der Waals surface area contributed by atoms with Crippen LogP contribution in [-0.2, 0) is 22.4 Å². The van der Waals surface area contributed by atoms with Crippen molar-refractivity contribution in [3.05, 3.63) is 83.4 Å². The number of anilines is 4. The van der Waals surface area contributed by atoms with E-state index in [0.29, 0.717) is 47.5 Å². The van der Waals surface area contributed by atoms with Gasteiger partial charge in [0.25, 0.3) is 5.92 Å². The third kappa shape index (κ3) is 9.17. The van der Waals surface area contributed by atoms with E-state index in [1.165, 1.54) is 0 Å². The lowest BCUT2D eigenvalue weighted by Gasteiger charge is -2.39. The molecule has 3 aliphatic carbocycles. The molecule has 7 rings (SSSR count). The van der Waals surface area contributed by atoms with E-state index >= 15 is 0 Å². The Morgan fingerprint density at radius 2 is 1.13 bits per heavy atom. The van der Waals surface area contributed by atoms with Crippen LogP contribution >= 0.6 is 0 Å². The second kappa shape index (κ2) is 14.8. The average molecular weight is 715 g/mol. The number of pyridine rings is 2. The van der Waals surface area contributed by atoms with Gasteiger partial charge in [0.15, 0.2) is 11.6 Å². The predicted molar refractivity (Wildman–Crippen MR) is 189 cm³/mol. The number of aromatic nitrogens is 6. The van der Waals surface area contributed by atoms with Crippen molar-refractivity contribution in [2.45, 2.75) is 107 Å². The van der Waals surface area contributed by atoms with Crippen LogP contribution in [0, 0.1) is 0 Å². The van der Waals surface area contributed by atoms with E-state index in [9.17, 15) is 22.8 Å². The van der Waals surface area contributed by atoms with E-state index < -0.39 is 11.6 Å². The molecule has 52 heavy (non-hydrogen) atoms. The first-order valence-electron chi connectivity index (χ1n) is 17.7. The molecule has 3 fully saturated rings. The van der Waals surface area contributed by atoms with Crippen LogP contribution in [0.15, 0.2) is 60.7 Å². The van der Waals surface area contributed by atoms with Gasteiger partial charge >= 0.3 is 0 Å². The number of nitrogens with zero attached hydrogens (tertiary/aromatic N) is 6. The molecule has 272 valence electrons. The van der Waals surface area contributed by atoms with Crippen molar-refractivity contribution >= 4 is 35.1 Å². The smallest absolute Gasteiger partial charge is 0.252 e. The van der Waals surface area contributed by atoms with Crippen molar-refractivity contribution in [2.75, 3.05) is 21.3 Å². The van der Waals surface area contributed by atoms with Crippen LogP contribution in [0.3, 0.4) is 0 Å². The Kier molecular flexibility index (Phi) is 10.0. The Balaban J connectivity index is 0.868. The highest BCUT2D eigenvalue weighted by Gasteiger charge is 2.45. The van der Waals surface area contributed by atoms with Crippen LogP contribution < -0.4 is 21.3 Å². The van der Waals surface area contributed by atoms with Crippen molar-refractivity contribution in [1.29, 1.82) is 0 Å². The van der Waals surface area contributed by atoms with E-state index in [1.807, 2.05) is 24.3 Å². The van der Waals surface area contributed by atoms with Gasteiger partial charge in [0.2, 0.25) is 11.8 Å². The quantitative estimate of drug-likeness (QED) is 0.130. The molecule has 4 aromatic rings. The van der Waals surface area contributed by atoms with Gasteiger partial charge in [-0.3, -0.25) is 9.59 Å². The highest BCUT2D eigenvalue weighted by Crippen LogP contribution is 2.41. The Morgan fingerprint density at radius 1 is 0.654 bits per heavy atom. The fraction of sp³-hybridized carbons (Fsp3) is 0.459. The normalized spacial score (nSPS) is 23.8. The van der Waals surface area contributed by atoms with E-state index in [-0.39, 0.29) is 61.4 Å². The number of carbonyl (C=O) groups excluding carboxylic acids is 2. The number of halogens is 3. The first-order valence-corrected chi connectivity index (χ1v) is 17.7. The lowest BCUT2D eigenvalue weighted by Crippen LogP contribution is -2.45. The summed E-state index contributed by atoms with van der Waals surface area (Å²) in [6, 6.07) is 17.5.